The van der Waals surface area contributed by atoms with Gasteiger partial charge in [-0.15, -0.1) is 0 Å². The van der Waals surface area contributed by atoms with E-state index < -0.39 is 5.97 Å². The second-order valence-corrected chi connectivity index (χ2v) is 6.61. The molecule has 1 heterocycles. The lowest BCUT2D eigenvalue weighted by Crippen LogP contribution is -2.05. The van der Waals surface area contributed by atoms with Gasteiger partial charge >= 0.3 is 5.97 Å². The van der Waals surface area contributed by atoms with Gasteiger partial charge in [0.25, 0.3) is 0 Å². The lowest BCUT2D eigenvalue weighted by atomic mass is 10.1. The van der Waals surface area contributed by atoms with E-state index in [0.29, 0.717) is 26.9 Å². The molecule has 4 nitrogen and oxygen atoms in total. The van der Waals surface area contributed by atoms with Gasteiger partial charge in [0, 0.05) is 15.1 Å². The molecule has 0 radical (unpaired) electrons. The zero-order valence-electron chi connectivity index (χ0n) is 12.3. The second-order valence-electron chi connectivity index (χ2n) is 4.85. The summed E-state index contributed by atoms with van der Waals surface area (Å²) in [5, 5.41) is 0.846. The van der Waals surface area contributed by atoms with Gasteiger partial charge in [-0.25, -0.2) is 9.79 Å². The highest BCUT2D eigenvalue weighted by atomic mass is 79.9. The summed E-state index contributed by atoms with van der Waals surface area (Å²) in [5.74, 6) is 0.201. The molecule has 0 aliphatic carbocycles. The van der Waals surface area contributed by atoms with Crippen molar-refractivity contribution in [2.45, 2.75) is 0 Å². The van der Waals surface area contributed by atoms with Crippen molar-refractivity contribution < 1.29 is 14.3 Å². The maximum absolute atomic E-state index is 12.1. The van der Waals surface area contributed by atoms with Crippen molar-refractivity contribution in [2.24, 2.45) is 4.99 Å². The maximum Gasteiger partial charge on any atom is 0.363 e. The van der Waals surface area contributed by atoms with Crippen molar-refractivity contribution >= 4 is 57.1 Å². The minimum atomic E-state index is -0.557. The highest BCUT2D eigenvalue weighted by molar-refractivity contribution is 9.10. The number of esters is 1. The summed E-state index contributed by atoms with van der Waals surface area (Å²) in [5.41, 5.74) is 1.36. The smallest absolute Gasteiger partial charge is 0.363 e. The van der Waals surface area contributed by atoms with Crippen LogP contribution < -0.4 is 4.74 Å². The molecule has 0 atom stereocenters. The van der Waals surface area contributed by atoms with Crippen LogP contribution in [0.15, 0.2) is 51.6 Å². The van der Waals surface area contributed by atoms with Gasteiger partial charge < -0.3 is 9.47 Å². The van der Waals surface area contributed by atoms with Crippen LogP contribution in [0.2, 0.25) is 10.0 Å². The van der Waals surface area contributed by atoms with Crippen molar-refractivity contribution in [3.8, 4) is 5.75 Å². The third kappa shape index (κ3) is 3.48. The van der Waals surface area contributed by atoms with E-state index in [1.807, 2.05) is 12.1 Å². The second kappa shape index (κ2) is 6.97. The zero-order valence-corrected chi connectivity index (χ0v) is 15.4. The van der Waals surface area contributed by atoms with E-state index >= 15 is 0 Å². The number of hydrogen-bond acceptors (Lipinski definition) is 4. The van der Waals surface area contributed by atoms with Gasteiger partial charge in [0.1, 0.15) is 5.75 Å². The minimum Gasteiger partial charge on any atom is -0.496 e. The topological polar surface area (TPSA) is 47.9 Å². The van der Waals surface area contributed by atoms with Crippen LogP contribution in [0.1, 0.15) is 11.1 Å². The Morgan fingerprint density at radius 3 is 2.71 bits per heavy atom. The van der Waals surface area contributed by atoms with Crippen molar-refractivity contribution in [1.29, 1.82) is 0 Å². The summed E-state index contributed by atoms with van der Waals surface area (Å²) in [6.45, 7) is 0. The molecule has 7 heteroatoms. The van der Waals surface area contributed by atoms with E-state index in [2.05, 4.69) is 20.9 Å². The molecule has 1 aliphatic heterocycles. The number of hydrogen-bond donors (Lipinski definition) is 0. The van der Waals surface area contributed by atoms with Gasteiger partial charge in [0.2, 0.25) is 5.90 Å². The minimum absolute atomic E-state index is 0.141. The Bertz CT molecular complexity index is 893. The number of benzene rings is 2. The average Bonchev–Trinajstić information content (AvgIpc) is 2.88. The first kappa shape index (κ1) is 17.0. The number of rotatable bonds is 3. The van der Waals surface area contributed by atoms with Crippen molar-refractivity contribution in [3.05, 3.63) is 67.7 Å². The van der Waals surface area contributed by atoms with Crippen molar-refractivity contribution in [2.75, 3.05) is 7.11 Å². The van der Waals surface area contributed by atoms with Gasteiger partial charge in [0.15, 0.2) is 5.70 Å². The largest absolute Gasteiger partial charge is 0.496 e. The molecule has 3 rings (SSSR count). The fourth-order valence-corrected chi connectivity index (χ4v) is 3.02. The molecule has 0 saturated heterocycles. The number of methoxy groups -OCH3 is 1. The summed E-state index contributed by atoms with van der Waals surface area (Å²) in [6.07, 6.45) is 1.60. The normalized spacial score (nSPS) is 15.4. The molecule has 0 N–H and O–H groups in total. The molecule has 0 saturated carbocycles. The van der Waals surface area contributed by atoms with Gasteiger partial charge in [-0.1, -0.05) is 39.1 Å². The molecule has 0 amide bonds. The van der Waals surface area contributed by atoms with E-state index in [9.17, 15) is 4.79 Å². The number of halogens is 3. The number of carbonyl (C=O) groups excluding carboxylic acids is 1. The zero-order chi connectivity index (χ0) is 17.3. The van der Waals surface area contributed by atoms with Gasteiger partial charge in [0.05, 0.1) is 17.7 Å². The Kier molecular flexibility index (Phi) is 4.94. The van der Waals surface area contributed by atoms with Gasteiger partial charge in [-0.3, -0.25) is 0 Å². The molecule has 1 aliphatic rings. The third-order valence-corrected chi connectivity index (χ3v) is 4.31. The Morgan fingerprint density at radius 1 is 1.21 bits per heavy atom. The Balaban J connectivity index is 2.02. The fraction of sp³-hybridized carbons (Fsp3) is 0.0588. The standard InChI is InChI=1S/C17H10BrCl2NO3/c1-23-15-5-2-10(18)6-9(15)7-14-17(22)24-16(21-14)12-4-3-11(19)8-13(12)20/h2-8H,1H3. The molecule has 0 bridgehead atoms. The summed E-state index contributed by atoms with van der Waals surface area (Å²) in [7, 11) is 1.56. The van der Waals surface area contributed by atoms with Crippen LogP contribution >= 0.6 is 39.1 Å². The quantitative estimate of drug-likeness (QED) is 0.506. The van der Waals surface area contributed by atoms with Crippen molar-refractivity contribution in [3.63, 3.8) is 0 Å². The number of ether oxygens (including phenoxy) is 2. The van der Waals surface area contributed by atoms with Crippen LogP contribution in [0.3, 0.4) is 0 Å². The fourth-order valence-electron chi connectivity index (χ4n) is 2.15. The maximum atomic E-state index is 12.1. The van der Waals surface area contributed by atoms with Gasteiger partial charge in [-0.2, -0.15) is 0 Å². The predicted molar refractivity (Wildman–Crippen MR) is 97.8 cm³/mol. The first-order valence-corrected chi connectivity index (χ1v) is 8.34. The molecule has 24 heavy (non-hydrogen) atoms. The van der Waals surface area contributed by atoms with Crippen molar-refractivity contribution in [1.82, 2.24) is 0 Å². The number of nitrogens with zero attached hydrogens (tertiary/aromatic N) is 1. The number of carbonyl (C=O) groups is 1. The molecule has 0 spiro atoms. The SMILES string of the molecule is COc1ccc(Br)cc1C=C1N=C(c2ccc(Cl)cc2Cl)OC1=O. The molecular weight excluding hydrogens is 417 g/mol. The molecule has 122 valence electrons. The summed E-state index contributed by atoms with van der Waals surface area (Å²) >= 11 is 15.4. The van der Waals surface area contributed by atoms with E-state index in [0.717, 1.165) is 4.47 Å². The van der Waals surface area contributed by atoms with E-state index in [-0.39, 0.29) is 11.6 Å². The van der Waals surface area contributed by atoms with Crippen LogP contribution in [0.4, 0.5) is 0 Å². The van der Waals surface area contributed by atoms with Crippen LogP contribution in [-0.2, 0) is 9.53 Å². The molecule has 0 unspecified atom stereocenters. The van der Waals surface area contributed by atoms with Crippen LogP contribution in [0, 0.1) is 0 Å². The highest BCUT2D eigenvalue weighted by Crippen LogP contribution is 2.29. The monoisotopic (exact) mass is 425 g/mol. The first-order chi connectivity index (χ1) is 11.5. The highest BCUT2D eigenvalue weighted by Gasteiger charge is 2.26. The van der Waals surface area contributed by atoms with E-state index in [4.69, 9.17) is 32.7 Å². The molecule has 0 fully saturated rings. The Hall–Kier alpha value is -1.82. The summed E-state index contributed by atoms with van der Waals surface area (Å²) in [6, 6.07) is 10.3. The Labute approximate surface area is 156 Å². The molecule has 2 aromatic carbocycles. The van der Waals surface area contributed by atoms with Gasteiger partial charge in [-0.05, 0) is 42.5 Å². The Morgan fingerprint density at radius 2 is 2.00 bits per heavy atom. The lowest BCUT2D eigenvalue weighted by Gasteiger charge is -2.04. The predicted octanol–water partition coefficient (Wildman–Crippen LogP) is 5.11. The lowest BCUT2D eigenvalue weighted by molar-refractivity contribution is -0.129. The van der Waals surface area contributed by atoms with Crippen LogP contribution in [-0.4, -0.2) is 19.0 Å². The van der Waals surface area contributed by atoms with Crippen LogP contribution in [0.5, 0.6) is 5.75 Å². The molecule has 2 aromatic rings. The molecular formula is C17H10BrCl2NO3. The van der Waals surface area contributed by atoms with E-state index in [1.54, 1.807) is 37.5 Å². The summed E-state index contributed by atoms with van der Waals surface area (Å²) in [4.78, 5) is 16.3. The number of cyclic esters (lactones) is 1. The van der Waals surface area contributed by atoms with Crippen LogP contribution in [0.25, 0.3) is 6.08 Å². The average molecular weight is 427 g/mol. The van der Waals surface area contributed by atoms with E-state index in [1.165, 1.54) is 0 Å². The first-order valence-electron chi connectivity index (χ1n) is 6.79. The third-order valence-electron chi connectivity index (χ3n) is 3.27. The molecule has 0 aromatic heterocycles. The number of aliphatic imine (C=N–C) groups is 1. The summed E-state index contributed by atoms with van der Waals surface area (Å²) < 4.78 is 11.4.